The highest BCUT2D eigenvalue weighted by molar-refractivity contribution is 6.16. The zero-order valence-corrected chi connectivity index (χ0v) is 10.9. The lowest BCUT2D eigenvalue weighted by atomic mass is 10.1. The molecular weight excluding hydrogens is 271 g/mol. The number of anilines is 2. The fourth-order valence-corrected chi connectivity index (χ4v) is 2.04. The van der Waals surface area contributed by atoms with Crippen molar-refractivity contribution < 1.29 is 14.0 Å². The highest BCUT2D eigenvalue weighted by atomic mass is 19.1. The Morgan fingerprint density at radius 3 is 2.52 bits per heavy atom. The Kier molecular flexibility index (Phi) is 3.23. The third-order valence-electron chi connectivity index (χ3n) is 3.08. The molecule has 3 rings (SSSR count). The molecule has 104 valence electrons. The van der Waals surface area contributed by atoms with Gasteiger partial charge in [0.2, 0.25) is 0 Å². The van der Waals surface area contributed by atoms with Gasteiger partial charge in [0.05, 0.1) is 11.4 Å². The molecule has 0 radical (unpaired) electrons. The molecule has 4 nitrogen and oxygen atoms in total. The van der Waals surface area contributed by atoms with Crippen LogP contribution in [0, 0.1) is 5.82 Å². The number of benzene rings is 2. The molecule has 0 fully saturated rings. The van der Waals surface area contributed by atoms with Gasteiger partial charge in [-0.15, -0.1) is 0 Å². The number of hydrogen-bond acceptors (Lipinski definition) is 3. The average Bonchev–Trinajstić information content (AvgIpc) is 2.49. The average molecular weight is 282 g/mol. The van der Waals surface area contributed by atoms with Gasteiger partial charge in [-0.25, -0.2) is 4.39 Å². The van der Waals surface area contributed by atoms with Crippen molar-refractivity contribution in [3.8, 4) is 0 Å². The van der Waals surface area contributed by atoms with Crippen molar-refractivity contribution in [2.24, 2.45) is 0 Å². The van der Waals surface area contributed by atoms with Crippen LogP contribution in [0.4, 0.5) is 15.8 Å². The lowest BCUT2D eigenvalue weighted by Gasteiger charge is -2.20. The van der Waals surface area contributed by atoms with E-state index in [9.17, 15) is 14.0 Å². The Morgan fingerprint density at radius 2 is 1.76 bits per heavy atom. The summed E-state index contributed by atoms with van der Waals surface area (Å²) in [4.78, 5) is 24.0. The molecule has 0 bridgehead atoms. The Morgan fingerprint density at radius 1 is 1.00 bits per heavy atom. The molecule has 0 aliphatic carbocycles. The van der Waals surface area contributed by atoms with E-state index in [1.165, 1.54) is 24.3 Å². The fraction of sp³-hybridized carbons (Fsp3) is 0. The number of halogens is 1. The van der Waals surface area contributed by atoms with Crippen molar-refractivity contribution in [1.82, 2.24) is 0 Å². The van der Waals surface area contributed by atoms with E-state index in [0.29, 0.717) is 16.9 Å². The van der Waals surface area contributed by atoms with Gasteiger partial charge in [0, 0.05) is 11.6 Å². The number of rotatable bonds is 2. The molecule has 1 aliphatic heterocycles. The summed E-state index contributed by atoms with van der Waals surface area (Å²) in [6.07, 6.45) is 1.23. The maximum absolute atomic E-state index is 13.1. The molecule has 0 spiro atoms. The van der Waals surface area contributed by atoms with Gasteiger partial charge < -0.3 is 10.6 Å². The topological polar surface area (TPSA) is 58.2 Å². The van der Waals surface area contributed by atoms with Crippen LogP contribution in [-0.4, -0.2) is 11.7 Å². The van der Waals surface area contributed by atoms with E-state index in [1.807, 2.05) is 0 Å². The number of amides is 1. The minimum absolute atomic E-state index is 0.128. The fourth-order valence-electron chi connectivity index (χ4n) is 2.04. The first kappa shape index (κ1) is 13.1. The van der Waals surface area contributed by atoms with Gasteiger partial charge in [0.1, 0.15) is 11.5 Å². The number of hydrogen-bond donors (Lipinski definition) is 2. The quantitative estimate of drug-likeness (QED) is 0.657. The van der Waals surface area contributed by atoms with Crippen LogP contribution in [0.15, 0.2) is 60.3 Å². The molecule has 2 aromatic rings. The Bertz CT molecular complexity index is 754. The zero-order valence-electron chi connectivity index (χ0n) is 10.9. The Labute approximate surface area is 120 Å². The van der Waals surface area contributed by atoms with Crippen LogP contribution in [0.3, 0.4) is 0 Å². The molecule has 1 aliphatic rings. The van der Waals surface area contributed by atoms with Crippen molar-refractivity contribution in [2.75, 3.05) is 10.6 Å². The van der Waals surface area contributed by atoms with Gasteiger partial charge >= 0.3 is 0 Å². The van der Waals surface area contributed by atoms with E-state index < -0.39 is 11.7 Å². The molecule has 2 N–H and O–H groups in total. The Balaban J connectivity index is 1.90. The molecule has 5 heteroatoms. The zero-order chi connectivity index (χ0) is 14.8. The summed E-state index contributed by atoms with van der Waals surface area (Å²) < 4.78 is 13.1. The second kappa shape index (κ2) is 5.20. The summed E-state index contributed by atoms with van der Waals surface area (Å²) in [6, 6.07) is 12.6. The van der Waals surface area contributed by atoms with Crippen LogP contribution in [0.25, 0.3) is 0 Å². The summed E-state index contributed by atoms with van der Waals surface area (Å²) >= 11 is 0. The summed E-state index contributed by atoms with van der Waals surface area (Å²) in [7, 11) is 0. The predicted molar refractivity (Wildman–Crippen MR) is 77.5 cm³/mol. The van der Waals surface area contributed by atoms with Crippen molar-refractivity contribution in [2.45, 2.75) is 0 Å². The van der Waals surface area contributed by atoms with E-state index >= 15 is 0 Å². The summed E-state index contributed by atoms with van der Waals surface area (Å²) in [5.41, 5.74) is 1.51. The highest BCUT2D eigenvalue weighted by Gasteiger charge is 2.21. The molecule has 1 amide bonds. The Hall–Kier alpha value is -2.95. The molecule has 0 atom stereocenters. The van der Waals surface area contributed by atoms with E-state index in [4.69, 9.17) is 0 Å². The van der Waals surface area contributed by atoms with Crippen LogP contribution in [0.1, 0.15) is 10.4 Å². The number of ketones is 1. The second-order valence-corrected chi connectivity index (χ2v) is 4.56. The highest BCUT2D eigenvalue weighted by Crippen LogP contribution is 2.28. The first-order valence-corrected chi connectivity index (χ1v) is 6.32. The van der Waals surface area contributed by atoms with E-state index in [0.717, 1.165) is 0 Å². The lowest BCUT2D eigenvalue weighted by Crippen LogP contribution is -2.26. The van der Waals surface area contributed by atoms with Crippen molar-refractivity contribution >= 4 is 23.1 Å². The van der Waals surface area contributed by atoms with E-state index in [1.54, 1.807) is 30.3 Å². The summed E-state index contributed by atoms with van der Waals surface area (Å²) in [5, 5.41) is 5.38. The third kappa shape index (κ3) is 2.67. The van der Waals surface area contributed by atoms with Crippen molar-refractivity contribution in [1.29, 1.82) is 0 Å². The number of carbonyl (C=O) groups excluding carboxylic acids is 2. The molecule has 0 unspecified atom stereocenters. The van der Waals surface area contributed by atoms with Crippen LogP contribution in [0.5, 0.6) is 0 Å². The third-order valence-corrected chi connectivity index (χ3v) is 3.08. The molecule has 0 aromatic heterocycles. The number of nitrogens with one attached hydrogen (secondary N) is 2. The van der Waals surface area contributed by atoms with Gasteiger partial charge in [-0.1, -0.05) is 30.3 Å². The van der Waals surface area contributed by atoms with Crippen LogP contribution < -0.4 is 10.6 Å². The molecule has 0 saturated heterocycles. The molecule has 1 heterocycles. The molecule has 2 aromatic carbocycles. The van der Waals surface area contributed by atoms with Gasteiger partial charge in [0.15, 0.2) is 5.78 Å². The van der Waals surface area contributed by atoms with Gasteiger partial charge in [-0.05, 0) is 18.2 Å². The molecule has 0 saturated carbocycles. The number of carbonyl (C=O) groups is 2. The summed E-state index contributed by atoms with van der Waals surface area (Å²) in [6.45, 7) is 0. The van der Waals surface area contributed by atoms with Gasteiger partial charge in [0.25, 0.3) is 5.91 Å². The lowest BCUT2D eigenvalue weighted by molar-refractivity contribution is -0.112. The standard InChI is InChI=1S/C16H11FN2O2/c17-11-6-7-12-13(8-11)19-16(21)14(18-12)9-15(20)10-4-2-1-3-5-10/h1-9,18H,(H,19,21). The van der Waals surface area contributed by atoms with Gasteiger partial charge in [-0.2, -0.15) is 0 Å². The first-order chi connectivity index (χ1) is 10.1. The van der Waals surface area contributed by atoms with Crippen molar-refractivity contribution in [3.63, 3.8) is 0 Å². The summed E-state index contributed by atoms with van der Waals surface area (Å²) in [5.74, 6) is -1.19. The smallest absolute Gasteiger partial charge is 0.272 e. The number of fused-ring (bicyclic) bond motifs is 1. The van der Waals surface area contributed by atoms with Crippen molar-refractivity contribution in [3.05, 3.63) is 71.7 Å². The largest absolute Gasteiger partial charge is 0.349 e. The van der Waals surface area contributed by atoms with E-state index in [-0.39, 0.29) is 11.5 Å². The number of allylic oxidation sites excluding steroid dienone is 1. The van der Waals surface area contributed by atoms with Gasteiger partial charge in [-0.3, -0.25) is 9.59 Å². The SMILES string of the molecule is O=C1Nc2cc(F)ccc2NC1=CC(=O)c1ccccc1. The molecular formula is C16H11FN2O2. The normalized spacial score (nSPS) is 15.1. The maximum atomic E-state index is 13.1. The van der Waals surface area contributed by atoms with Crippen LogP contribution in [-0.2, 0) is 4.79 Å². The minimum atomic E-state index is -0.475. The predicted octanol–water partition coefficient (Wildman–Crippen LogP) is 2.96. The monoisotopic (exact) mass is 282 g/mol. The van der Waals surface area contributed by atoms with E-state index in [2.05, 4.69) is 10.6 Å². The first-order valence-electron chi connectivity index (χ1n) is 6.32. The van der Waals surface area contributed by atoms with Crippen LogP contribution >= 0.6 is 0 Å². The second-order valence-electron chi connectivity index (χ2n) is 4.56. The maximum Gasteiger partial charge on any atom is 0.272 e. The molecule has 21 heavy (non-hydrogen) atoms. The van der Waals surface area contributed by atoms with Crippen LogP contribution in [0.2, 0.25) is 0 Å². The minimum Gasteiger partial charge on any atom is -0.349 e.